The molecule has 0 radical (unpaired) electrons. The van der Waals surface area contributed by atoms with E-state index in [1.807, 2.05) is 13.8 Å². The van der Waals surface area contributed by atoms with E-state index in [9.17, 15) is 9.59 Å². The molecule has 164 valence electrons. The first-order valence-corrected chi connectivity index (χ1v) is 11.6. The molecule has 0 N–H and O–H groups in total. The topological polar surface area (TPSA) is 52.6 Å². The van der Waals surface area contributed by atoms with Crippen LogP contribution in [-0.4, -0.2) is 25.2 Å². The third-order valence-corrected chi connectivity index (χ3v) is 8.43. The summed E-state index contributed by atoms with van der Waals surface area (Å²) in [5.41, 5.74) is 1.59. The first-order valence-electron chi connectivity index (χ1n) is 11.6. The molecular weight excluding hydrogens is 376 g/mol. The van der Waals surface area contributed by atoms with Crippen LogP contribution in [0.4, 0.5) is 0 Å². The van der Waals surface area contributed by atoms with Crippen molar-refractivity contribution in [3.05, 3.63) is 35.4 Å². The maximum Gasteiger partial charge on any atom is 0.323 e. The molecule has 4 nitrogen and oxygen atoms in total. The van der Waals surface area contributed by atoms with E-state index in [2.05, 4.69) is 45.0 Å². The van der Waals surface area contributed by atoms with Gasteiger partial charge in [-0.3, -0.25) is 9.59 Å². The molecule has 0 aromatic heterocycles. The summed E-state index contributed by atoms with van der Waals surface area (Å²) in [6.45, 7) is 11.1. The highest BCUT2D eigenvalue weighted by Gasteiger charge is 2.66. The van der Waals surface area contributed by atoms with Crippen LogP contribution >= 0.6 is 0 Å². The van der Waals surface area contributed by atoms with Crippen LogP contribution in [0.3, 0.4) is 0 Å². The number of fused-ring (bicyclic) bond motifs is 2. The first kappa shape index (κ1) is 21.4. The number of hydrogen-bond donors (Lipinski definition) is 0. The predicted molar refractivity (Wildman–Crippen MR) is 116 cm³/mol. The van der Waals surface area contributed by atoms with Crippen molar-refractivity contribution in [3.63, 3.8) is 0 Å². The van der Waals surface area contributed by atoms with Crippen LogP contribution in [0.2, 0.25) is 0 Å². The molecule has 30 heavy (non-hydrogen) atoms. The predicted octanol–water partition coefficient (Wildman–Crippen LogP) is 5.29. The van der Waals surface area contributed by atoms with Gasteiger partial charge in [-0.15, -0.1) is 0 Å². The molecule has 3 aliphatic rings. The van der Waals surface area contributed by atoms with Crippen molar-refractivity contribution in [2.75, 3.05) is 13.2 Å². The first-order chi connectivity index (χ1) is 14.2. The number of ether oxygens (including phenoxy) is 2. The summed E-state index contributed by atoms with van der Waals surface area (Å²) >= 11 is 0. The SMILES string of the molecule is CCOC(=O)C1(C(=O)OCC)C[C@H]2[C@H]3[C@@H](CCC2(C)C)c2ccccc2C[C@@]3(C)C1. The Morgan fingerprint density at radius 1 is 1.03 bits per heavy atom. The smallest absolute Gasteiger partial charge is 0.323 e. The largest absolute Gasteiger partial charge is 0.465 e. The van der Waals surface area contributed by atoms with Crippen molar-refractivity contribution < 1.29 is 19.1 Å². The zero-order valence-corrected chi connectivity index (χ0v) is 19.1. The minimum atomic E-state index is -1.20. The molecule has 0 spiro atoms. The van der Waals surface area contributed by atoms with Crippen LogP contribution in [0.25, 0.3) is 0 Å². The van der Waals surface area contributed by atoms with Gasteiger partial charge in [0.05, 0.1) is 13.2 Å². The van der Waals surface area contributed by atoms with Crippen molar-refractivity contribution in [2.24, 2.45) is 28.1 Å². The Labute approximate surface area is 180 Å². The van der Waals surface area contributed by atoms with Gasteiger partial charge < -0.3 is 9.47 Å². The van der Waals surface area contributed by atoms with Crippen molar-refractivity contribution in [1.29, 1.82) is 0 Å². The zero-order valence-electron chi connectivity index (χ0n) is 19.1. The molecular formula is C26H36O4. The van der Waals surface area contributed by atoms with E-state index < -0.39 is 5.41 Å². The van der Waals surface area contributed by atoms with E-state index in [0.717, 1.165) is 12.8 Å². The van der Waals surface area contributed by atoms with Gasteiger partial charge in [-0.2, -0.15) is 0 Å². The standard InChI is InChI=1S/C26H36O4/c1-6-29-22(27)26(23(28)30-7-2)15-20-21-19(12-13-24(20,3)4)18-11-9-8-10-17(18)14-25(21,5)16-26/h8-11,19-21H,6-7,12-16H2,1-5H3/t19-,20-,21+,25-/m0/s1. The highest BCUT2D eigenvalue weighted by molar-refractivity contribution is 6.00. The van der Waals surface area contributed by atoms with Gasteiger partial charge in [-0.05, 0) is 85.7 Å². The average molecular weight is 413 g/mol. The molecule has 1 aromatic rings. The van der Waals surface area contributed by atoms with E-state index in [-0.39, 0.29) is 41.9 Å². The van der Waals surface area contributed by atoms with E-state index >= 15 is 0 Å². The molecule has 4 atom stereocenters. The Morgan fingerprint density at radius 2 is 1.67 bits per heavy atom. The summed E-state index contributed by atoms with van der Waals surface area (Å²) in [4.78, 5) is 26.7. The summed E-state index contributed by atoms with van der Waals surface area (Å²) in [6, 6.07) is 8.80. The van der Waals surface area contributed by atoms with Crippen LogP contribution in [0.1, 0.15) is 77.3 Å². The fraction of sp³-hybridized carbons (Fsp3) is 0.692. The second kappa shape index (κ2) is 7.39. The minimum absolute atomic E-state index is 0.0688. The van der Waals surface area contributed by atoms with Crippen LogP contribution in [0, 0.1) is 28.1 Å². The van der Waals surface area contributed by atoms with Gasteiger partial charge >= 0.3 is 11.9 Å². The molecule has 2 saturated carbocycles. The van der Waals surface area contributed by atoms with E-state index in [1.165, 1.54) is 17.5 Å². The fourth-order valence-corrected chi connectivity index (χ4v) is 7.24. The molecule has 0 bridgehead atoms. The van der Waals surface area contributed by atoms with Gasteiger partial charge in [0.2, 0.25) is 0 Å². The third kappa shape index (κ3) is 3.09. The lowest BCUT2D eigenvalue weighted by Crippen LogP contribution is -2.61. The lowest BCUT2D eigenvalue weighted by atomic mass is 9.40. The van der Waals surface area contributed by atoms with E-state index in [4.69, 9.17) is 9.47 Å². The van der Waals surface area contributed by atoms with Crippen LogP contribution < -0.4 is 0 Å². The van der Waals surface area contributed by atoms with Crippen molar-refractivity contribution in [1.82, 2.24) is 0 Å². The van der Waals surface area contributed by atoms with Gasteiger partial charge in [0.15, 0.2) is 5.41 Å². The lowest BCUT2D eigenvalue weighted by Gasteiger charge is -2.63. The molecule has 0 aliphatic heterocycles. The van der Waals surface area contributed by atoms with E-state index in [0.29, 0.717) is 24.7 Å². The van der Waals surface area contributed by atoms with Crippen molar-refractivity contribution in [3.8, 4) is 0 Å². The minimum Gasteiger partial charge on any atom is -0.465 e. The Kier molecular flexibility index (Phi) is 5.27. The number of esters is 2. The summed E-state index contributed by atoms with van der Waals surface area (Å²) in [7, 11) is 0. The Hall–Kier alpha value is -1.84. The summed E-state index contributed by atoms with van der Waals surface area (Å²) < 4.78 is 11.0. The van der Waals surface area contributed by atoms with Gasteiger partial charge in [-0.1, -0.05) is 45.0 Å². The lowest BCUT2D eigenvalue weighted by molar-refractivity contribution is -0.192. The highest BCUT2D eigenvalue weighted by atomic mass is 16.6. The maximum atomic E-state index is 13.3. The Morgan fingerprint density at radius 3 is 2.30 bits per heavy atom. The number of carbonyl (C=O) groups excluding carboxylic acids is 2. The maximum absolute atomic E-state index is 13.3. The quantitative estimate of drug-likeness (QED) is 0.498. The van der Waals surface area contributed by atoms with Crippen LogP contribution in [-0.2, 0) is 25.5 Å². The van der Waals surface area contributed by atoms with Gasteiger partial charge in [0.25, 0.3) is 0 Å². The molecule has 0 unspecified atom stereocenters. The Bertz CT molecular complexity index is 823. The number of carbonyl (C=O) groups is 2. The monoisotopic (exact) mass is 412 g/mol. The van der Waals surface area contributed by atoms with Gasteiger partial charge in [-0.25, -0.2) is 0 Å². The molecule has 4 rings (SSSR count). The summed E-state index contributed by atoms with van der Waals surface area (Å²) in [5, 5.41) is 0. The third-order valence-electron chi connectivity index (χ3n) is 8.43. The van der Waals surface area contributed by atoms with Crippen molar-refractivity contribution in [2.45, 2.75) is 72.6 Å². The zero-order chi connectivity index (χ0) is 21.7. The molecule has 0 saturated heterocycles. The summed E-state index contributed by atoms with van der Waals surface area (Å²) in [6.07, 6.45) is 4.23. The number of hydrogen-bond acceptors (Lipinski definition) is 4. The second-order valence-electron chi connectivity index (χ2n) is 10.7. The molecule has 2 fully saturated rings. The molecule has 4 heteroatoms. The highest BCUT2D eigenvalue weighted by Crippen LogP contribution is 2.68. The molecule has 3 aliphatic carbocycles. The normalized spacial score (nSPS) is 33.0. The summed E-state index contributed by atoms with van der Waals surface area (Å²) in [5.74, 6) is 0.463. The van der Waals surface area contributed by atoms with E-state index in [1.54, 1.807) is 0 Å². The molecule has 0 amide bonds. The van der Waals surface area contributed by atoms with Gasteiger partial charge in [0.1, 0.15) is 0 Å². The number of benzene rings is 1. The van der Waals surface area contributed by atoms with Crippen molar-refractivity contribution >= 4 is 11.9 Å². The average Bonchev–Trinajstić information content (AvgIpc) is 2.69. The second-order valence-corrected chi connectivity index (χ2v) is 10.7. The molecule has 0 heterocycles. The molecule has 1 aromatic carbocycles. The van der Waals surface area contributed by atoms with Gasteiger partial charge in [0, 0.05) is 0 Å². The number of rotatable bonds is 4. The van der Waals surface area contributed by atoms with Crippen LogP contribution in [0.5, 0.6) is 0 Å². The fourth-order valence-electron chi connectivity index (χ4n) is 7.24. The van der Waals surface area contributed by atoms with Crippen LogP contribution in [0.15, 0.2) is 24.3 Å². The Balaban J connectivity index is 1.86.